The van der Waals surface area contributed by atoms with E-state index in [1.807, 2.05) is 6.07 Å². The second kappa shape index (κ2) is 4.35. The highest BCUT2D eigenvalue weighted by atomic mass is 16.1. The highest BCUT2D eigenvalue weighted by molar-refractivity contribution is 6.08. The average molecular weight is 248 g/mol. The van der Waals surface area contributed by atoms with Crippen molar-refractivity contribution in [3.63, 3.8) is 0 Å². The van der Waals surface area contributed by atoms with E-state index >= 15 is 0 Å². The Balaban J connectivity index is 2.06. The zero-order valence-electron chi connectivity index (χ0n) is 9.82. The van der Waals surface area contributed by atoms with Crippen molar-refractivity contribution in [2.45, 2.75) is 0 Å². The van der Waals surface area contributed by atoms with Gasteiger partial charge in [-0.15, -0.1) is 0 Å². The van der Waals surface area contributed by atoms with Crippen LogP contribution in [0.2, 0.25) is 0 Å². The smallest absolute Gasteiger partial charge is 0.234 e. The van der Waals surface area contributed by atoms with Crippen LogP contribution in [-0.2, 0) is 0 Å². The number of rotatable bonds is 2. The van der Waals surface area contributed by atoms with Crippen molar-refractivity contribution in [2.75, 3.05) is 0 Å². The number of nitriles is 1. The second-order valence-corrected chi connectivity index (χ2v) is 3.95. The summed E-state index contributed by atoms with van der Waals surface area (Å²) in [7, 11) is 0. The lowest BCUT2D eigenvalue weighted by molar-refractivity contribution is 0.103. The first-order valence-electron chi connectivity index (χ1n) is 5.62. The first kappa shape index (κ1) is 11.1. The molecule has 2 heterocycles. The molecule has 19 heavy (non-hydrogen) atoms. The molecule has 0 saturated carbocycles. The molecule has 3 aromatic rings. The fourth-order valence-corrected chi connectivity index (χ4v) is 1.84. The zero-order chi connectivity index (χ0) is 13.2. The van der Waals surface area contributed by atoms with Crippen molar-refractivity contribution in [3.8, 4) is 6.07 Å². The Morgan fingerprint density at radius 2 is 2.00 bits per heavy atom. The van der Waals surface area contributed by atoms with Gasteiger partial charge in [-0.1, -0.05) is 0 Å². The standard InChI is InChI=1S/C14H8N4O/c15-8-10-2-4-11(5-3-10)13(19)12-9-17-14-16-6-1-7-18(12)14/h1-7,9H. The van der Waals surface area contributed by atoms with Gasteiger partial charge in [0.15, 0.2) is 0 Å². The van der Waals surface area contributed by atoms with Gasteiger partial charge >= 0.3 is 0 Å². The van der Waals surface area contributed by atoms with Gasteiger partial charge in [-0.2, -0.15) is 5.26 Å². The number of carbonyl (C=O) groups excluding carboxylic acids is 1. The van der Waals surface area contributed by atoms with Crippen molar-refractivity contribution >= 4 is 11.6 Å². The molecule has 0 N–H and O–H groups in total. The molecule has 0 bridgehead atoms. The van der Waals surface area contributed by atoms with E-state index in [4.69, 9.17) is 5.26 Å². The Bertz CT molecular complexity index is 796. The van der Waals surface area contributed by atoms with E-state index in [1.165, 1.54) is 6.20 Å². The van der Waals surface area contributed by atoms with Crippen molar-refractivity contribution in [3.05, 3.63) is 65.7 Å². The molecule has 5 nitrogen and oxygen atoms in total. The minimum atomic E-state index is -0.148. The topological polar surface area (TPSA) is 71.0 Å². The molecule has 0 radical (unpaired) electrons. The minimum Gasteiger partial charge on any atom is -0.287 e. The molecule has 0 aliphatic heterocycles. The Morgan fingerprint density at radius 3 is 2.74 bits per heavy atom. The van der Waals surface area contributed by atoms with E-state index in [2.05, 4.69) is 9.97 Å². The van der Waals surface area contributed by atoms with E-state index in [9.17, 15) is 4.79 Å². The van der Waals surface area contributed by atoms with Crippen LogP contribution >= 0.6 is 0 Å². The number of hydrogen-bond donors (Lipinski definition) is 0. The summed E-state index contributed by atoms with van der Waals surface area (Å²) in [6.45, 7) is 0. The molecular weight excluding hydrogens is 240 g/mol. The van der Waals surface area contributed by atoms with Crippen LogP contribution in [0.3, 0.4) is 0 Å². The maximum absolute atomic E-state index is 12.3. The van der Waals surface area contributed by atoms with Gasteiger partial charge in [0.25, 0.3) is 0 Å². The van der Waals surface area contributed by atoms with Crippen molar-refractivity contribution < 1.29 is 4.79 Å². The highest BCUT2D eigenvalue weighted by Crippen LogP contribution is 2.12. The van der Waals surface area contributed by atoms with Gasteiger partial charge in [-0.05, 0) is 30.3 Å². The number of hydrogen-bond acceptors (Lipinski definition) is 4. The molecule has 0 aliphatic carbocycles. The first-order valence-corrected chi connectivity index (χ1v) is 5.62. The normalized spacial score (nSPS) is 10.3. The maximum atomic E-state index is 12.3. The lowest BCUT2D eigenvalue weighted by Crippen LogP contribution is -2.05. The third-order valence-corrected chi connectivity index (χ3v) is 2.80. The molecule has 0 fully saturated rings. The van der Waals surface area contributed by atoms with Gasteiger partial charge in [-0.3, -0.25) is 9.20 Å². The fourth-order valence-electron chi connectivity index (χ4n) is 1.84. The van der Waals surface area contributed by atoms with Gasteiger partial charge < -0.3 is 0 Å². The highest BCUT2D eigenvalue weighted by Gasteiger charge is 2.14. The number of aromatic nitrogens is 3. The molecule has 2 aromatic heterocycles. The molecule has 3 rings (SSSR count). The minimum absolute atomic E-state index is 0.148. The number of benzene rings is 1. The van der Waals surface area contributed by atoms with Crippen LogP contribution in [0.25, 0.3) is 5.78 Å². The predicted octanol–water partition coefficient (Wildman–Crippen LogP) is 1.83. The Labute approximate surface area is 108 Å². The van der Waals surface area contributed by atoms with Gasteiger partial charge in [-0.25, -0.2) is 9.97 Å². The number of ketones is 1. The summed E-state index contributed by atoms with van der Waals surface area (Å²) in [6, 6.07) is 10.3. The summed E-state index contributed by atoms with van der Waals surface area (Å²) in [5, 5.41) is 8.74. The van der Waals surface area contributed by atoms with Gasteiger partial charge in [0.2, 0.25) is 11.6 Å². The van der Waals surface area contributed by atoms with E-state index in [0.29, 0.717) is 22.6 Å². The molecule has 90 valence electrons. The number of fused-ring (bicyclic) bond motifs is 1. The monoisotopic (exact) mass is 248 g/mol. The lowest BCUT2D eigenvalue weighted by Gasteiger charge is -2.00. The molecule has 1 aromatic carbocycles. The fraction of sp³-hybridized carbons (Fsp3) is 0. The predicted molar refractivity (Wildman–Crippen MR) is 67.6 cm³/mol. The average Bonchev–Trinajstić information content (AvgIpc) is 2.90. The summed E-state index contributed by atoms with van der Waals surface area (Å²) in [4.78, 5) is 20.5. The van der Waals surface area contributed by atoms with Crippen LogP contribution in [-0.4, -0.2) is 20.2 Å². The molecule has 0 spiro atoms. The molecule has 0 aliphatic rings. The van der Waals surface area contributed by atoms with E-state index in [0.717, 1.165) is 0 Å². The Hall–Kier alpha value is -3.00. The quantitative estimate of drug-likeness (QED) is 0.649. The third-order valence-electron chi connectivity index (χ3n) is 2.80. The summed E-state index contributed by atoms with van der Waals surface area (Å²) in [5.41, 5.74) is 1.49. The number of nitrogens with zero attached hydrogens (tertiary/aromatic N) is 4. The summed E-state index contributed by atoms with van der Waals surface area (Å²) < 4.78 is 1.64. The summed E-state index contributed by atoms with van der Waals surface area (Å²) in [6.07, 6.45) is 4.87. The lowest BCUT2D eigenvalue weighted by atomic mass is 10.1. The van der Waals surface area contributed by atoms with Crippen LogP contribution in [0.1, 0.15) is 21.6 Å². The van der Waals surface area contributed by atoms with Crippen molar-refractivity contribution in [1.29, 1.82) is 5.26 Å². The van der Waals surface area contributed by atoms with Crippen LogP contribution in [0.4, 0.5) is 0 Å². The Kier molecular flexibility index (Phi) is 2.54. The molecular formula is C14H8N4O. The number of carbonyl (C=O) groups is 1. The molecule has 0 unspecified atom stereocenters. The van der Waals surface area contributed by atoms with E-state index in [-0.39, 0.29) is 5.78 Å². The van der Waals surface area contributed by atoms with E-state index < -0.39 is 0 Å². The van der Waals surface area contributed by atoms with Crippen molar-refractivity contribution in [2.24, 2.45) is 0 Å². The van der Waals surface area contributed by atoms with Gasteiger partial charge in [0, 0.05) is 18.0 Å². The van der Waals surface area contributed by atoms with Gasteiger partial charge in [0.05, 0.1) is 17.8 Å². The van der Waals surface area contributed by atoms with Crippen LogP contribution < -0.4 is 0 Å². The number of imidazole rings is 1. The van der Waals surface area contributed by atoms with E-state index in [1.54, 1.807) is 47.1 Å². The molecule has 0 amide bonds. The largest absolute Gasteiger partial charge is 0.287 e. The van der Waals surface area contributed by atoms with Crippen LogP contribution in [0, 0.1) is 11.3 Å². The Morgan fingerprint density at radius 1 is 1.21 bits per heavy atom. The third kappa shape index (κ3) is 1.85. The SMILES string of the molecule is N#Cc1ccc(C(=O)c2cnc3ncccn23)cc1. The van der Waals surface area contributed by atoms with Crippen LogP contribution in [0.15, 0.2) is 48.9 Å². The van der Waals surface area contributed by atoms with Crippen molar-refractivity contribution in [1.82, 2.24) is 14.4 Å². The zero-order valence-corrected chi connectivity index (χ0v) is 9.82. The molecule has 0 atom stereocenters. The maximum Gasteiger partial charge on any atom is 0.234 e. The summed E-state index contributed by atoms with van der Waals surface area (Å²) >= 11 is 0. The first-order chi connectivity index (χ1) is 9.29. The second-order valence-electron chi connectivity index (χ2n) is 3.95. The summed E-state index contributed by atoms with van der Waals surface area (Å²) in [5.74, 6) is 0.337. The molecule has 5 heteroatoms. The van der Waals surface area contributed by atoms with Crippen LogP contribution in [0.5, 0.6) is 0 Å². The van der Waals surface area contributed by atoms with Gasteiger partial charge in [0.1, 0.15) is 5.69 Å². The molecule has 0 saturated heterocycles.